The van der Waals surface area contributed by atoms with Crippen LogP contribution in [0.5, 0.6) is 5.75 Å². The van der Waals surface area contributed by atoms with Crippen LogP contribution in [0.3, 0.4) is 0 Å². The second-order valence-electron chi connectivity index (χ2n) is 5.71. The van der Waals surface area contributed by atoms with Gasteiger partial charge in [-0.15, -0.1) is 0 Å². The van der Waals surface area contributed by atoms with Gasteiger partial charge in [0.2, 0.25) is 0 Å². The van der Waals surface area contributed by atoms with Gasteiger partial charge in [0.05, 0.1) is 19.9 Å². The van der Waals surface area contributed by atoms with Crippen molar-refractivity contribution in [2.24, 2.45) is 0 Å². The van der Waals surface area contributed by atoms with Crippen LogP contribution >= 0.6 is 0 Å². The summed E-state index contributed by atoms with van der Waals surface area (Å²) in [4.78, 5) is 19.6. The molecule has 0 aliphatic rings. The molecule has 3 N–H and O–H groups in total. The van der Waals surface area contributed by atoms with Crippen molar-refractivity contribution < 1.29 is 19.6 Å². The predicted octanol–water partition coefficient (Wildman–Crippen LogP) is 1.43. The Hall–Kier alpha value is -3.47. The predicted molar refractivity (Wildman–Crippen MR) is 110 cm³/mol. The topological polar surface area (TPSA) is 117 Å². The number of hydrogen-bond acceptors (Lipinski definition) is 8. The van der Waals surface area contributed by atoms with E-state index in [2.05, 4.69) is 19.9 Å². The molecule has 4 rings (SSSR count). The Morgan fingerprint density at radius 3 is 2.28 bits per heavy atom. The van der Waals surface area contributed by atoms with Crippen LogP contribution in [0.15, 0.2) is 67.0 Å². The Balaban J connectivity index is 0.000000176. The third-order valence-corrected chi connectivity index (χ3v) is 3.87. The lowest BCUT2D eigenvalue weighted by Gasteiger charge is -2.23. The number of para-hydroxylation sites is 3. The molecule has 148 valence electrons. The Morgan fingerprint density at radius 2 is 1.62 bits per heavy atom. The Kier molecular flexibility index (Phi) is 6.74. The number of hydrogen-bond donors (Lipinski definition) is 3. The van der Waals surface area contributed by atoms with Crippen molar-refractivity contribution in [3.05, 3.63) is 67.0 Å². The minimum absolute atomic E-state index is 0.0520. The summed E-state index contributed by atoms with van der Waals surface area (Å²) in [7, 11) is 1.68. The van der Waals surface area contributed by atoms with Crippen LogP contribution in [0.4, 0.5) is 11.4 Å². The van der Waals surface area contributed by atoms with Crippen LogP contribution < -0.4 is 15.5 Å². The highest BCUT2D eigenvalue weighted by Crippen LogP contribution is 2.33. The van der Waals surface area contributed by atoms with E-state index in [1.54, 1.807) is 19.3 Å². The maximum Gasteiger partial charge on any atom is 0.526 e. The number of benzene rings is 2. The number of aromatic nitrogens is 4. The molecule has 0 unspecified atom stereocenters. The van der Waals surface area contributed by atoms with Gasteiger partial charge in [-0.25, -0.2) is 20.0 Å². The van der Waals surface area contributed by atoms with Crippen LogP contribution in [0.1, 0.15) is 0 Å². The number of fused-ring (bicyclic) bond motifs is 1. The van der Waals surface area contributed by atoms with Crippen molar-refractivity contribution in [2.45, 2.75) is 0 Å². The Labute approximate surface area is 167 Å². The van der Waals surface area contributed by atoms with Crippen LogP contribution in [0.25, 0.3) is 11.3 Å². The van der Waals surface area contributed by atoms with Crippen molar-refractivity contribution in [3.8, 4) is 5.75 Å². The van der Waals surface area contributed by atoms with Crippen molar-refractivity contribution in [1.29, 1.82) is 0 Å². The van der Waals surface area contributed by atoms with E-state index in [0.29, 0.717) is 11.3 Å². The van der Waals surface area contributed by atoms with Crippen molar-refractivity contribution in [3.63, 3.8) is 0 Å². The van der Waals surface area contributed by atoms with E-state index in [1.807, 2.05) is 54.6 Å². The van der Waals surface area contributed by atoms with Gasteiger partial charge in [-0.1, -0.05) is 30.3 Å². The zero-order valence-electron chi connectivity index (χ0n) is 15.9. The number of rotatable bonds is 5. The number of H-pyrrole nitrogens is 1. The van der Waals surface area contributed by atoms with Gasteiger partial charge in [-0.05, 0) is 24.3 Å². The maximum absolute atomic E-state index is 8.73. The zero-order chi connectivity index (χ0) is 20.6. The maximum atomic E-state index is 8.73. The molecule has 0 amide bonds. The van der Waals surface area contributed by atoms with E-state index >= 15 is 0 Å². The highest BCUT2D eigenvalue weighted by Gasteiger charge is 2.16. The summed E-state index contributed by atoms with van der Waals surface area (Å²) in [5.41, 5.74) is 2.71. The second-order valence-corrected chi connectivity index (χ2v) is 5.71. The number of methoxy groups -OCH3 is 1. The fraction of sp³-hybridized carbons (Fsp3) is 0.105. The Bertz CT molecular complexity index is 1010. The summed E-state index contributed by atoms with van der Waals surface area (Å²) in [5.74, 6) is 0.776. The number of nitrogens with one attached hydrogen (secondary N) is 1. The van der Waals surface area contributed by atoms with Gasteiger partial charge in [0.25, 0.3) is 0 Å². The molecule has 2 aromatic carbocycles. The molecule has 0 radical (unpaired) electrons. The average Bonchev–Trinajstić information content (AvgIpc) is 3.21. The third kappa shape index (κ3) is 4.88. The molecule has 0 saturated carbocycles. The van der Waals surface area contributed by atoms with Crippen LogP contribution in [0, 0.1) is 0 Å². The number of imidazole rings is 1. The molecular weight excluding hydrogens is 373 g/mol. The Morgan fingerprint density at radius 1 is 0.931 bits per heavy atom. The molecule has 0 spiro atoms. The van der Waals surface area contributed by atoms with Gasteiger partial charge in [0.15, 0.2) is 11.3 Å². The summed E-state index contributed by atoms with van der Waals surface area (Å²) in [6, 6.07) is 17.6. The van der Waals surface area contributed by atoms with E-state index in [1.165, 1.54) is 12.4 Å². The molecule has 0 bridgehead atoms. The van der Waals surface area contributed by atoms with Gasteiger partial charge in [0.1, 0.15) is 17.2 Å². The first kappa shape index (κ1) is 20.3. The first-order chi connectivity index (χ1) is 14.1. The van der Waals surface area contributed by atoms with Crippen LogP contribution in [0.2, 0.25) is 0 Å². The fourth-order valence-electron chi connectivity index (χ4n) is 2.59. The minimum Gasteiger partial charge on any atom is -0.494 e. The monoisotopic (exact) mass is 393 g/mol. The van der Waals surface area contributed by atoms with E-state index in [4.69, 9.17) is 19.6 Å². The largest absolute Gasteiger partial charge is 0.526 e. The minimum atomic E-state index is -1.61. The normalized spacial score (nSPS) is 10.2. The summed E-state index contributed by atoms with van der Waals surface area (Å²) >= 11 is 0. The standard InChI is InChI=1S/C14H15NO2.C5H5BN4O2/c1-16-14-11-7-6-10-13(14)15(17-2)12-8-4-3-5-9-12;11-6(12)5-9-3-4(10-5)8-2-1-7-3/h3-11H,1-2H3;1-2,11-12H,(H,7,8,9,10). The average molecular weight is 393 g/mol. The lowest BCUT2D eigenvalue weighted by molar-refractivity contribution is 0.199. The second kappa shape index (κ2) is 9.65. The molecule has 10 heteroatoms. The fourth-order valence-corrected chi connectivity index (χ4v) is 2.59. The third-order valence-electron chi connectivity index (χ3n) is 3.87. The lowest BCUT2D eigenvalue weighted by Crippen LogP contribution is -2.33. The van der Waals surface area contributed by atoms with Crippen molar-refractivity contribution in [1.82, 2.24) is 19.9 Å². The summed E-state index contributed by atoms with van der Waals surface area (Å²) in [5, 5.41) is 19.2. The van der Waals surface area contributed by atoms with E-state index in [9.17, 15) is 0 Å². The molecule has 0 aliphatic carbocycles. The van der Waals surface area contributed by atoms with Gasteiger partial charge in [-0.3, -0.25) is 4.84 Å². The van der Waals surface area contributed by atoms with Gasteiger partial charge < -0.3 is 19.8 Å². The van der Waals surface area contributed by atoms with E-state index in [0.717, 1.165) is 17.1 Å². The van der Waals surface area contributed by atoms with Crippen LogP contribution in [-0.2, 0) is 4.84 Å². The van der Waals surface area contributed by atoms with Crippen LogP contribution in [-0.4, -0.2) is 51.3 Å². The molecule has 2 heterocycles. The van der Waals surface area contributed by atoms with E-state index < -0.39 is 7.12 Å². The molecule has 2 aromatic heterocycles. The molecule has 0 fully saturated rings. The number of nitrogens with zero attached hydrogens (tertiary/aromatic N) is 4. The summed E-state index contributed by atoms with van der Waals surface area (Å²) < 4.78 is 5.33. The number of aromatic amines is 1. The molecular formula is C19H20BN5O4. The smallest absolute Gasteiger partial charge is 0.494 e. The molecule has 0 atom stereocenters. The lowest BCUT2D eigenvalue weighted by atomic mass is 9.91. The molecule has 29 heavy (non-hydrogen) atoms. The first-order valence-electron chi connectivity index (χ1n) is 8.69. The number of anilines is 2. The van der Waals surface area contributed by atoms with Gasteiger partial charge in [-0.2, -0.15) is 0 Å². The number of ether oxygens (including phenoxy) is 1. The van der Waals surface area contributed by atoms with Crippen molar-refractivity contribution >= 4 is 35.5 Å². The highest BCUT2D eigenvalue weighted by atomic mass is 16.7. The highest BCUT2D eigenvalue weighted by molar-refractivity contribution is 6.56. The van der Waals surface area contributed by atoms with Gasteiger partial charge >= 0.3 is 7.12 Å². The quantitative estimate of drug-likeness (QED) is 0.345. The molecule has 0 saturated heterocycles. The van der Waals surface area contributed by atoms with E-state index in [-0.39, 0.29) is 5.72 Å². The molecule has 4 aromatic rings. The molecule has 0 aliphatic heterocycles. The van der Waals surface area contributed by atoms with Gasteiger partial charge in [0, 0.05) is 12.4 Å². The SMILES string of the molecule is COc1ccccc1N(OC)c1ccccc1.OB(O)c1nc2nccnc2[nH]1. The molecule has 9 nitrogen and oxygen atoms in total. The summed E-state index contributed by atoms with van der Waals surface area (Å²) in [6.07, 6.45) is 2.98. The van der Waals surface area contributed by atoms with Crippen molar-refractivity contribution in [2.75, 3.05) is 19.3 Å². The zero-order valence-corrected chi connectivity index (χ0v) is 15.9. The summed E-state index contributed by atoms with van der Waals surface area (Å²) in [6.45, 7) is 0. The first-order valence-corrected chi connectivity index (χ1v) is 8.69.